The molecule has 2 N–H and O–H groups in total. The molecule has 1 atom stereocenters. The Morgan fingerprint density at radius 3 is 2.54 bits per heavy atom. The molecule has 7 heteroatoms. The highest BCUT2D eigenvalue weighted by molar-refractivity contribution is 7.90. The van der Waals surface area contributed by atoms with E-state index in [9.17, 15) is 8.42 Å². The quantitative estimate of drug-likeness (QED) is 0.543. The number of nitrogens with zero attached hydrogens (tertiary/aromatic N) is 2. The van der Waals surface area contributed by atoms with Crippen LogP contribution in [0.5, 0.6) is 0 Å². The second-order valence-electron chi connectivity index (χ2n) is 6.45. The maximum Gasteiger partial charge on any atom is 0.191 e. The van der Waals surface area contributed by atoms with Gasteiger partial charge in [-0.15, -0.1) is 0 Å². The van der Waals surface area contributed by atoms with Crippen molar-refractivity contribution in [2.45, 2.75) is 32.5 Å². The predicted molar refractivity (Wildman–Crippen MR) is 101 cm³/mol. The highest BCUT2D eigenvalue weighted by Gasteiger charge is 2.09. The molecule has 1 unspecified atom stereocenters. The van der Waals surface area contributed by atoms with Crippen molar-refractivity contribution < 1.29 is 8.42 Å². The minimum absolute atomic E-state index is 0.0333. The number of benzene rings is 1. The Balaban J connectivity index is 2.52. The van der Waals surface area contributed by atoms with Gasteiger partial charge in [0.25, 0.3) is 0 Å². The first-order valence-electron chi connectivity index (χ1n) is 8.07. The normalized spacial score (nSPS) is 13.8. The van der Waals surface area contributed by atoms with Crippen LogP contribution in [0, 0.1) is 0 Å². The van der Waals surface area contributed by atoms with E-state index >= 15 is 0 Å². The molecule has 0 saturated heterocycles. The van der Waals surface area contributed by atoms with E-state index in [1.54, 1.807) is 7.05 Å². The van der Waals surface area contributed by atoms with Gasteiger partial charge in [0.15, 0.2) is 5.96 Å². The number of rotatable bonds is 8. The molecule has 0 aliphatic rings. The third-order valence-electron chi connectivity index (χ3n) is 3.48. The number of sulfone groups is 1. The summed E-state index contributed by atoms with van der Waals surface area (Å²) < 4.78 is 22.5. The van der Waals surface area contributed by atoms with Crippen LogP contribution in [0.3, 0.4) is 0 Å². The van der Waals surface area contributed by atoms with E-state index in [0.717, 1.165) is 6.54 Å². The first kappa shape index (κ1) is 20.4. The summed E-state index contributed by atoms with van der Waals surface area (Å²) in [7, 11) is 2.87. The molecular weight excluding hydrogens is 324 g/mol. The number of nitrogens with one attached hydrogen (secondary N) is 2. The second kappa shape index (κ2) is 9.64. The minimum atomic E-state index is -2.94. The van der Waals surface area contributed by atoms with Crippen LogP contribution in [-0.2, 0) is 22.9 Å². The van der Waals surface area contributed by atoms with Crippen molar-refractivity contribution in [1.82, 2.24) is 15.5 Å². The summed E-state index contributed by atoms with van der Waals surface area (Å²) in [5.41, 5.74) is 2.45. The number of aliphatic imine (C=N–C) groups is 1. The van der Waals surface area contributed by atoms with Crippen molar-refractivity contribution in [2.24, 2.45) is 4.99 Å². The summed E-state index contributed by atoms with van der Waals surface area (Å²) >= 11 is 0. The van der Waals surface area contributed by atoms with Gasteiger partial charge in [-0.3, -0.25) is 4.99 Å². The molecule has 24 heavy (non-hydrogen) atoms. The fourth-order valence-electron chi connectivity index (χ4n) is 2.28. The van der Waals surface area contributed by atoms with Gasteiger partial charge in [0.1, 0.15) is 9.84 Å². The lowest BCUT2D eigenvalue weighted by molar-refractivity contribution is 0.402. The van der Waals surface area contributed by atoms with Crippen LogP contribution in [0.4, 0.5) is 0 Å². The molecule has 1 rings (SSSR count). The van der Waals surface area contributed by atoms with Crippen molar-refractivity contribution >= 4 is 15.8 Å². The van der Waals surface area contributed by atoms with Gasteiger partial charge in [-0.1, -0.05) is 24.3 Å². The van der Waals surface area contributed by atoms with E-state index in [-0.39, 0.29) is 11.8 Å². The zero-order chi connectivity index (χ0) is 18.2. The maximum absolute atomic E-state index is 11.2. The van der Waals surface area contributed by atoms with Gasteiger partial charge >= 0.3 is 0 Å². The third-order valence-corrected chi connectivity index (χ3v) is 4.46. The molecule has 1 aromatic rings. The lowest BCUT2D eigenvalue weighted by Crippen LogP contribution is -2.42. The minimum Gasteiger partial charge on any atom is -0.354 e. The van der Waals surface area contributed by atoms with E-state index in [1.165, 1.54) is 17.4 Å². The molecule has 0 heterocycles. The van der Waals surface area contributed by atoms with Gasteiger partial charge < -0.3 is 15.5 Å². The molecule has 0 bridgehead atoms. The first-order chi connectivity index (χ1) is 11.2. The van der Waals surface area contributed by atoms with Crippen molar-refractivity contribution in [1.29, 1.82) is 0 Å². The molecule has 1 aromatic carbocycles. The van der Waals surface area contributed by atoms with Gasteiger partial charge in [0.05, 0.1) is 5.75 Å². The average molecular weight is 355 g/mol. The van der Waals surface area contributed by atoms with E-state index in [1.807, 2.05) is 6.92 Å². The second-order valence-corrected chi connectivity index (χ2v) is 8.71. The van der Waals surface area contributed by atoms with Crippen LogP contribution in [0.25, 0.3) is 0 Å². The van der Waals surface area contributed by atoms with Gasteiger partial charge in [0.2, 0.25) is 0 Å². The van der Waals surface area contributed by atoms with Crippen LogP contribution in [0.15, 0.2) is 29.3 Å². The average Bonchev–Trinajstić information content (AvgIpc) is 2.48. The summed E-state index contributed by atoms with van der Waals surface area (Å²) in [6.45, 7) is 3.53. The Bertz CT molecular complexity index is 642. The molecular formula is C17H30N4O2S. The van der Waals surface area contributed by atoms with Gasteiger partial charge in [-0.25, -0.2) is 8.42 Å². The molecule has 6 nitrogen and oxygen atoms in total. The first-order valence-corrected chi connectivity index (χ1v) is 10.1. The van der Waals surface area contributed by atoms with E-state index in [4.69, 9.17) is 0 Å². The summed E-state index contributed by atoms with van der Waals surface area (Å²) in [5, 5.41) is 6.49. The Morgan fingerprint density at radius 2 is 1.96 bits per heavy atom. The summed E-state index contributed by atoms with van der Waals surface area (Å²) in [5.74, 6) is 0.846. The summed E-state index contributed by atoms with van der Waals surface area (Å²) in [6.07, 6.45) is 1.81. The summed E-state index contributed by atoms with van der Waals surface area (Å²) in [4.78, 5) is 6.33. The van der Waals surface area contributed by atoms with E-state index in [0.29, 0.717) is 18.9 Å². The van der Waals surface area contributed by atoms with Crippen LogP contribution in [0.2, 0.25) is 0 Å². The molecule has 0 saturated carbocycles. The lowest BCUT2D eigenvalue weighted by Gasteiger charge is -2.18. The Kier molecular flexibility index (Phi) is 8.21. The van der Waals surface area contributed by atoms with Crippen LogP contribution < -0.4 is 10.6 Å². The van der Waals surface area contributed by atoms with E-state index < -0.39 is 9.84 Å². The summed E-state index contributed by atoms with van der Waals surface area (Å²) in [6, 6.07) is 8.45. The molecule has 0 fully saturated rings. The SMILES string of the molecule is CN=C(NCc1cccc(CN(C)C)c1)NC(C)CCS(C)(=O)=O. The molecule has 0 aromatic heterocycles. The van der Waals surface area contributed by atoms with E-state index in [2.05, 4.69) is 58.9 Å². The third kappa shape index (κ3) is 8.88. The molecule has 0 radical (unpaired) electrons. The maximum atomic E-state index is 11.2. The highest BCUT2D eigenvalue weighted by atomic mass is 32.2. The lowest BCUT2D eigenvalue weighted by atomic mass is 10.1. The largest absolute Gasteiger partial charge is 0.354 e. The van der Waals surface area contributed by atoms with Crippen LogP contribution in [0.1, 0.15) is 24.5 Å². The predicted octanol–water partition coefficient (Wildman–Crippen LogP) is 1.24. The van der Waals surface area contributed by atoms with Crippen molar-refractivity contribution in [2.75, 3.05) is 33.2 Å². The zero-order valence-electron chi connectivity index (χ0n) is 15.3. The van der Waals surface area contributed by atoms with Gasteiger partial charge in [0, 0.05) is 32.4 Å². The monoisotopic (exact) mass is 354 g/mol. The van der Waals surface area contributed by atoms with Crippen LogP contribution >= 0.6 is 0 Å². The van der Waals surface area contributed by atoms with Crippen molar-refractivity contribution in [3.05, 3.63) is 35.4 Å². The Hall–Kier alpha value is -1.60. The number of hydrogen-bond donors (Lipinski definition) is 2. The van der Waals surface area contributed by atoms with Gasteiger partial charge in [-0.05, 0) is 38.6 Å². The fraction of sp³-hybridized carbons (Fsp3) is 0.588. The van der Waals surface area contributed by atoms with Crippen molar-refractivity contribution in [3.63, 3.8) is 0 Å². The molecule has 0 aliphatic carbocycles. The Morgan fingerprint density at radius 1 is 1.29 bits per heavy atom. The van der Waals surface area contributed by atoms with Crippen LogP contribution in [-0.4, -0.2) is 58.5 Å². The topological polar surface area (TPSA) is 73.8 Å². The van der Waals surface area contributed by atoms with Gasteiger partial charge in [-0.2, -0.15) is 0 Å². The standard InChI is InChI=1S/C17H30N4O2S/c1-14(9-10-24(5,22)23)20-17(18-2)19-12-15-7-6-8-16(11-15)13-21(3)4/h6-8,11,14H,9-10,12-13H2,1-5H3,(H2,18,19,20). The smallest absolute Gasteiger partial charge is 0.191 e. The zero-order valence-corrected chi connectivity index (χ0v) is 16.2. The molecule has 0 spiro atoms. The number of guanidine groups is 1. The number of hydrogen-bond acceptors (Lipinski definition) is 4. The van der Waals surface area contributed by atoms with Crippen molar-refractivity contribution in [3.8, 4) is 0 Å². The Labute approximate surface area is 146 Å². The highest BCUT2D eigenvalue weighted by Crippen LogP contribution is 2.07. The molecule has 0 aliphatic heterocycles. The fourth-order valence-corrected chi connectivity index (χ4v) is 3.06. The molecule has 136 valence electrons. The molecule has 0 amide bonds.